The van der Waals surface area contributed by atoms with Gasteiger partial charge >= 0.3 is 0 Å². The standard InChI is InChI=1S/C20H23N3O3.C19H18N2O2.C18H18O3.C13H13BrO3.C7H18N2Si2.CH5NO.ClH/c1-23-18(21)22-20(26-23)12-19(9-2-10-24-13-19)25-17-8-7-15(11-16(17)20)6-5-14-3-4-14;20-13-21-17-11-19(8-1-9-22-12-19)23-18-7-6-15(10-16(17)18)5-4-14-2-3-14;19-16-11-18(8-1-9-20-12-18)21-17-7-6-14(10-15(16)17)5-4-13-2-3-13;14-9-2-3-12-10(6-9)11(15)7-13(17-12)4-1-5-16-8-13;1-10(2,3)8-7-9-11(4,5)6;1-2-3;/h7-8,11,14H,2-4,9-10,12-13H2,1H3,(H2,21,22);6-7,10,14H,1-3,8-9,11-12H2;6-7,10,13H,1-3,8-9,11-12H2;2-3,6H,1,4-5,7-8H2;1-6H3;2-3H,1H3;1H. The second-order valence-electron chi connectivity index (χ2n) is 30.1. The number of nitrogens with zero attached hydrogens (tertiary/aromatic N) is 6. The Morgan fingerprint density at radius 3 is 1.39 bits per heavy atom. The number of aliphatic imine (C=N–C) groups is 2. The van der Waals surface area contributed by atoms with Gasteiger partial charge in [-0.05, 0) is 202 Å². The van der Waals surface area contributed by atoms with Crippen LogP contribution in [0.2, 0.25) is 39.3 Å². The Balaban J connectivity index is 0.000000139. The zero-order valence-electron chi connectivity index (χ0n) is 60.0. The number of halogens is 2. The molecule has 0 amide bonds. The van der Waals surface area contributed by atoms with Gasteiger partial charge in [-0.25, -0.2) is 20.4 Å². The van der Waals surface area contributed by atoms with Crippen molar-refractivity contribution < 1.29 is 57.5 Å². The number of nitrogens with two attached hydrogens (primary N) is 1. The fourth-order valence-electron chi connectivity index (χ4n) is 13.1. The first kappa shape index (κ1) is 77.4. The molecule has 5 atom stereocenters. The number of hydrogen-bond acceptors (Lipinski definition) is 20. The summed E-state index contributed by atoms with van der Waals surface area (Å²) in [6.07, 6.45) is 18.7. The van der Waals surface area contributed by atoms with Crippen LogP contribution in [0.1, 0.15) is 164 Å². The molecule has 4 saturated heterocycles. The van der Waals surface area contributed by atoms with E-state index < -0.39 is 39.0 Å². The molecule has 9 heterocycles. The summed E-state index contributed by atoms with van der Waals surface area (Å²) >= 11 is 3.37. The monoisotopic (exact) mass is 1510 g/mol. The minimum absolute atomic E-state index is 0. The molecule has 0 bridgehead atoms. The van der Waals surface area contributed by atoms with Crippen LogP contribution in [-0.4, -0.2) is 145 Å². The summed E-state index contributed by atoms with van der Waals surface area (Å²) in [5.41, 5.74) is 12.0. The number of nitriles is 1. The van der Waals surface area contributed by atoms with E-state index in [1.807, 2.05) is 79.0 Å². The Morgan fingerprint density at radius 1 is 0.588 bits per heavy atom. The van der Waals surface area contributed by atoms with Crippen molar-refractivity contribution in [2.24, 2.45) is 42.8 Å². The molecular weight excluding hydrogens is 1410 g/mol. The highest BCUT2D eigenvalue weighted by Crippen LogP contribution is 2.52. The predicted octanol–water partition coefficient (Wildman–Crippen LogP) is 13.9. The highest BCUT2D eigenvalue weighted by molar-refractivity contribution is 9.10. The lowest BCUT2D eigenvalue weighted by molar-refractivity contribution is -0.216. The van der Waals surface area contributed by atoms with Crippen LogP contribution >= 0.6 is 28.3 Å². The van der Waals surface area contributed by atoms with Gasteiger partial charge in [-0.1, -0.05) is 51.5 Å². The van der Waals surface area contributed by atoms with Crippen molar-refractivity contribution in [2.75, 3.05) is 67.0 Å². The Hall–Kier alpha value is -7.17. The van der Waals surface area contributed by atoms with Gasteiger partial charge in [0.25, 0.3) is 0 Å². The van der Waals surface area contributed by atoms with E-state index in [4.69, 9.17) is 63.9 Å². The van der Waals surface area contributed by atoms with Gasteiger partial charge < -0.3 is 48.8 Å². The summed E-state index contributed by atoms with van der Waals surface area (Å²) in [6.45, 7) is 18.3. The van der Waals surface area contributed by atoms with E-state index in [9.17, 15) is 9.59 Å². The number of ketones is 2. The number of ether oxygens (including phenoxy) is 8. The minimum atomic E-state index is -1.31. The number of carbonyl (C=O) groups excluding carboxylic acids is 2. The van der Waals surface area contributed by atoms with Crippen LogP contribution in [0.5, 0.6) is 23.0 Å². The quantitative estimate of drug-likeness (QED) is 0.0554. The molecule has 4 aromatic carbocycles. The van der Waals surface area contributed by atoms with E-state index in [0.717, 1.165) is 127 Å². The van der Waals surface area contributed by atoms with Crippen LogP contribution in [0.3, 0.4) is 0 Å². The van der Waals surface area contributed by atoms with Gasteiger partial charge in [0.1, 0.15) is 45.4 Å². The van der Waals surface area contributed by atoms with E-state index in [-0.39, 0.29) is 29.6 Å². The van der Waals surface area contributed by atoms with Gasteiger partial charge in [-0.3, -0.25) is 18.9 Å². The van der Waals surface area contributed by atoms with Crippen molar-refractivity contribution in [3.05, 3.63) is 116 Å². The molecule has 9 aliphatic heterocycles. The van der Waals surface area contributed by atoms with Gasteiger partial charge in [-0.15, -0.1) is 12.4 Å². The average Bonchev–Trinajstić information content (AvgIpc) is 1.42. The van der Waals surface area contributed by atoms with Crippen LogP contribution < -0.4 is 30.2 Å². The maximum Gasteiger partial charge on any atom is 0.222 e. The summed E-state index contributed by atoms with van der Waals surface area (Å²) in [5.74, 6) is 24.8. The molecule has 20 nitrogen and oxygen atoms in total. The molecule has 7 fully saturated rings. The number of guanidine groups is 1. The summed E-state index contributed by atoms with van der Waals surface area (Å²) in [5, 5.41) is 17.9. The molecule has 4 N–H and O–H groups in total. The highest BCUT2D eigenvalue weighted by atomic mass is 79.9. The van der Waals surface area contributed by atoms with Crippen LogP contribution in [0, 0.1) is 64.7 Å². The lowest BCUT2D eigenvalue weighted by atomic mass is 9.81. The first-order valence-electron chi connectivity index (χ1n) is 35.5. The molecule has 5 unspecified atom stereocenters. The van der Waals surface area contributed by atoms with Crippen LogP contribution in [-0.2, 0) is 29.5 Å². The maximum atomic E-state index is 12.5. The molecule has 3 aliphatic carbocycles. The molecule has 16 rings (SSSR count). The third-order valence-corrected chi connectivity index (χ3v) is 20.6. The molecular formula is C78H96BrClN8O12Si2. The number of hydrogen-bond donors (Lipinski definition) is 3. The number of nitrogens with one attached hydrogen (secondary N) is 1. The number of benzene rings is 4. The molecule has 24 heteroatoms. The van der Waals surface area contributed by atoms with E-state index in [2.05, 4.69) is 111 Å². The fraction of sp³-hybridized carbons (Fsp3) is 0.538. The molecule has 12 aliphatic rings. The third kappa shape index (κ3) is 21.1. The van der Waals surface area contributed by atoms with Gasteiger partial charge in [0.05, 0.1) is 67.7 Å². The maximum absolute atomic E-state index is 12.5. The number of carbonyl (C=O) groups is 2. The lowest BCUT2D eigenvalue weighted by Crippen LogP contribution is -2.53. The minimum Gasteiger partial charge on any atom is -0.484 e. The average molecular weight is 1510 g/mol. The summed E-state index contributed by atoms with van der Waals surface area (Å²) in [4.78, 5) is 39.6. The van der Waals surface area contributed by atoms with E-state index >= 15 is 0 Å². The number of Topliss-reactive ketones (excluding diaryl/α,β-unsaturated/α-hetero) is 2. The van der Waals surface area contributed by atoms with Gasteiger partial charge in [0, 0.05) is 97.8 Å². The smallest absolute Gasteiger partial charge is 0.222 e. The van der Waals surface area contributed by atoms with Crippen LogP contribution in [0.15, 0.2) is 96.6 Å². The van der Waals surface area contributed by atoms with Crippen LogP contribution in [0.4, 0.5) is 0 Å². The van der Waals surface area contributed by atoms with E-state index in [1.165, 1.54) is 50.6 Å². The first-order valence-corrected chi connectivity index (χ1v) is 43.2. The Labute approximate surface area is 617 Å². The lowest BCUT2D eigenvalue weighted by Gasteiger charge is -2.46. The SMILES string of the molecule is CN1OC2(CC3(CCCOC3)Oc3ccc(C#CC4CC4)cc32)N=C1N.CNO.C[Si](C)(C)N=C=N[Si](C)(C)C.Cl.N#CN=C1CC2(CCCOC2)Oc2ccc(C#CC3CC3)cc21.O=C1CC2(CCCOC2)Oc2ccc(Br)cc21.O=C1CC2(CCCOC2)Oc2ccc(C#CC3CC3)cc21. The Kier molecular flexibility index (Phi) is 25.6. The second kappa shape index (κ2) is 33.7. The molecule has 102 heavy (non-hydrogen) atoms. The zero-order chi connectivity index (χ0) is 71.5. The summed E-state index contributed by atoms with van der Waals surface area (Å²) < 4.78 is 56.7. The van der Waals surface area contributed by atoms with E-state index in [1.54, 1.807) is 12.5 Å². The van der Waals surface area contributed by atoms with Gasteiger partial charge in [-0.2, -0.15) is 10.3 Å². The van der Waals surface area contributed by atoms with Crippen molar-refractivity contribution in [2.45, 2.75) is 183 Å². The van der Waals surface area contributed by atoms with E-state index in [0.29, 0.717) is 98.5 Å². The fourth-order valence-corrected chi connectivity index (χ4v) is 14.2. The van der Waals surface area contributed by atoms with Gasteiger partial charge in [0.2, 0.25) is 17.9 Å². The Bertz CT molecular complexity index is 4060. The highest BCUT2D eigenvalue weighted by Gasteiger charge is 2.55. The van der Waals surface area contributed by atoms with Crippen molar-refractivity contribution in [1.29, 1.82) is 5.26 Å². The summed E-state index contributed by atoms with van der Waals surface area (Å²) in [7, 11) is 0.583. The molecule has 5 spiro atoms. The second-order valence-corrected chi connectivity index (χ2v) is 40.2. The Morgan fingerprint density at radius 2 is 0.980 bits per heavy atom. The normalized spacial score (nSPS) is 26.3. The number of rotatable bonds is 2. The predicted molar refractivity (Wildman–Crippen MR) is 402 cm³/mol. The number of fused-ring (bicyclic) bond motifs is 5. The topological polar surface area (TPSA) is 252 Å². The van der Waals surface area contributed by atoms with Crippen LogP contribution in [0.25, 0.3) is 0 Å². The largest absolute Gasteiger partial charge is 0.484 e. The van der Waals surface area contributed by atoms with Crippen molar-refractivity contribution >= 4 is 74.1 Å². The van der Waals surface area contributed by atoms with Crippen molar-refractivity contribution in [3.63, 3.8) is 0 Å². The van der Waals surface area contributed by atoms with Crippen molar-refractivity contribution in [3.8, 4) is 64.7 Å². The molecule has 542 valence electrons. The molecule has 0 radical (unpaired) electrons. The van der Waals surface area contributed by atoms with Crippen molar-refractivity contribution in [1.82, 2.24) is 10.5 Å². The first-order chi connectivity index (χ1) is 48.4. The molecule has 4 aromatic rings. The zero-order valence-corrected chi connectivity index (χ0v) is 64.4. The number of hydroxylamine groups is 3. The molecule has 3 saturated carbocycles. The summed E-state index contributed by atoms with van der Waals surface area (Å²) in [6, 6.07) is 26.1. The third-order valence-electron chi connectivity index (χ3n) is 18.5. The van der Waals surface area contributed by atoms with Gasteiger partial charge in [0.15, 0.2) is 28.0 Å². The molecule has 0 aromatic heterocycles.